The summed E-state index contributed by atoms with van der Waals surface area (Å²) in [4.78, 5) is 8.89. The molecule has 0 aliphatic heterocycles. The van der Waals surface area contributed by atoms with E-state index >= 15 is 0 Å². The smallest absolute Gasteiger partial charge is 0.182 e. The first-order valence-electron chi connectivity index (χ1n) is 7.37. The number of hydrogen-bond donors (Lipinski definition) is 1. The zero-order valence-electron chi connectivity index (χ0n) is 12.0. The Hall–Kier alpha value is -2.01. The van der Waals surface area contributed by atoms with Gasteiger partial charge >= 0.3 is 0 Å². The molecule has 0 saturated heterocycles. The summed E-state index contributed by atoms with van der Waals surface area (Å²) in [5.41, 5.74) is 2.22. The molecule has 0 unspecified atom stereocenters. The topological polar surface area (TPSA) is 54.5 Å². The fraction of sp³-hybridized carbons (Fsp3) is 0.235. The molecule has 4 rings (SSSR count). The molecule has 1 fully saturated rings. The Morgan fingerprint density at radius 2 is 1.91 bits per heavy atom. The van der Waals surface area contributed by atoms with Gasteiger partial charge in [0.15, 0.2) is 5.82 Å². The predicted octanol–water partition coefficient (Wildman–Crippen LogP) is 4.10. The van der Waals surface area contributed by atoms with Gasteiger partial charge in [0.25, 0.3) is 0 Å². The highest BCUT2D eigenvalue weighted by molar-refractivity contribution is 9.10. The maximum atomic E-state index is 4.76. The van der Waals surface area contributed by atoms with Gasteiger partial charge in [-0.3, -0.25) is 10.1 Å². The van der Waals surface area contributed by atoms with Crippen molar-refractivity contribution in [2.45, 2.75) is 24.7 Å². The zero-order valence-corrected chi connectivity index (χ0v) is 13.5. The molecule has 4 nitrogen and oxygen atoms in total. The minimum absolute atomic E-state index is 0.0197. The second kappa shape index (κ2) is 5.32. The van der Waals surface area contributed by atoms with Crippen LogP contribution in [0.25, 0.3) is 11.4 Å². The fourth-order valence-corrected chi connectivity index (χ4v) is 3.33. The van der Waals surface area contributed by atoms with Crippen LogP contribution in [0.1, 0.15) is 30.7 Å². The van der Waals surface area contributed by atoms with Crippen LogP contribution in [0.2, 0.25) is 0 Å². The maximum absolute atomic E-state index is 4.76. The second-order valence-corrected chi connectivity index (χ2v) is 6.61. The van der Waals surface area contributed by atoms with Gasteiger partial charge in [-0.15, -0.1) is 0 Å². The van der Waals surface area contributed by atoms with Gasteiger partial charge in [-0.25, -0.2) is 4.98 Å². The van der Waals surface area contributed by atoms with Crippen LogP contribution in [0.4, 0.5) is 0 Å². The quantitative estimate of drug-likeness (QED) is 0.770. The first-order chi connectivity index (χ1) is 10.8. The van der Waals surface area contributed by atoms with Gasteiger partial charge in [0.1, 0.15) is 5.82 Å². The van der Waals surface area contributed by atoms with Gasteiger partial charge < -0.3 is 0 Å². The lowest BCUT2D eigenvalue weighted by molar-refractivity contribution is 0.286. The van der Waals surface area contributed by atoms with Gasteiger partial charge in [-0.05, 0) is 42.7 Å². The highest BCUT2D eigenvalue weighted by Crippen LogP contribution is 2.47. The lowest BCUT2D eigenvalue weighted by atomic mass is 9.64. The van der Waals surface area contributed by atoms with Crippen molar-refractivity contribution >= 4 is 15.9 Å². The van der Waals surface area contributed by atoms with Crippen LogP contribution in [-0.2, 0) is 5.41 Å². The highest BCUT2D eigenvalue weighted by Gasteiger charge is 2.43. The van der Waals surface area contributed by atoms with E-state index in [9.17, 15) is 0 Å². The first kappa shape index (κ1) is 13.6. The Bertz CT molecular complexity index is 776. The van der Waals surface area contributed by atoms with Crippen LogP contribution in [0.5, 0.6) is 0 Å². The molecule has 110 valence electrons. The van der Waals surface area contributed by atoms with Gasteiger partial charge in [0, 0.05) is 22.4 Å². The van der Waals surface area contributed by atoms with E-state index in [4.69, 9.17) is 4.98 Å². The summed E-state index contributed by atoms with van der Waals surface area (Å²) < 4.78 is 1.10. The molecule has 0 spiro atoms. The number of aromatic amines is 1. The molecule has 0 atom stereocenters. The van der Waals surface area contributed by atoms with Crippen LogP contribution in [0.3, 0.4) is 0 Å². The lowest BCUT2D eigenvalue weighted by Crippen LogP contribution is -2.36. The SMILES string of the molecule is Brc1ccc(C2(c3nc(-c4cccnc4)n[nH]3)CCC2)cc1. The number of H-pyrrole nitrogens is 1. The minimum Gasteiger partial charge on any atom is -0.264 e. The average molecular weight is 355 g/mol. The Morgan fingerprint density at radius 3 is 2.55 bits per heavy atom. The number of nitrogens with zero attached hydrogens (tertiary/aromatic N) is 3. The Labute approximate surface area is 137 Å². The van der Waals surface area contributed by atoms with Crippen molar-refractivity contribution in [3.05, 3.63) is 64.7 Å². The average Bonchev–Trinajstić information content (AvgIpc) is 2.99. The molecule has 3 aromatic rings. The van der Waals surface area contributed by atoms with Crippen molar-refractivity contribution in [2.24, 2.45) is 0 Å². The van der Waals surface area contributed by atoms with Gasteiger partial charge in [0.2, 0.25) is 0 Å². The number of halogens is 1. The first-order valence-corrected chi connectivity index (χ1v) is 8.17. The summed E-state index contributed by atoms with van der Waals surface area (Å²) in [7, 11) is 0. The molecule has 1 aromatic carbocycles. The monoisotopic (exact) mass is 354 g/mol. The lowest BCUT2D eigenvalue weighted by Gasteiger charge is -2.40. The summed E-state index contributed by atoms with van der Waals surface area (Å²) in [6.07, 6.45) is 6.98. The second-order valence-electron chi connectivity index (χ2n) is 5.69. The molecule has 5 heteroatoms. The maximum Gasteiger partial charge on any atom is 0.182 e. The van der Waals surface area contributed by atoms with E-state index in [2.05, 4.69) is 55.4 Å². The van der Waals surface area contributed by atoms with Gasteiger partial charge in [-0.1, -0.05) is 34.5 Å². The normalized spacial score (nSPS) is 16.2. The van der Waals surface area contributed by atoms with Crippen LogP contribution >= 0.6 is 15.9 Å². The Kier molecular flexibility index (Phi) is 3.30. The van der Waals surface area contributed by atoms with E-state index in [0.29, 0.717) is 5.82 Å². The molecule has 1 saturated carbocycles. The summed E-state index contributed by atoms with van der Waals surface area (Å²) in [5, 5.41) is 7.55. The molecule has 1 aliphatic rings. The zero-order chi connectivity index (χ0) is 15.0. The van der Waals surface area contributed by atoms with Crippen molar-refractivity contribution in [3.8, 4) is 11.4 Å². The molecular weight excluding hydrogens is 340 g/mol. The Morgan fingerprint density at radius 1 is 1.09 bits per heavy atom. The van der Waals surface area contributed by atoms with Crippen molar-refractivity contribution in [1.82, 2.24) is 20.2 Å². The fourth-order valence-electron chi connectivity index (χ4n) is 3.06. The number of benzene rings is 1. The van der Waals surface area contributed by atoms with E-state index < -0.39 is 0 Å². The van der Waals surface area contributed by atoms with Crippen LogP contribution in [0.15, 0.2) is 53.3 Å². The predicted molar refractivity (Wildman–Crippen MR) is 88.4 cm³/mol. The molecule has 0 bridgehead atoms. The summed E-state index contributed by atoms with van der Waals surface area (Å²) >= 11 is 3.50. The molecule has 1 aliphatic carbocycles. The van der Waals surface area contributed by atoms with Gasteiger partial charge in [-0.2, -0.15) is 5.10 Å². The van der Waals surface area contributed by atoms with E-state index in [-0.39, 0.29) is 5.41 Å². The molecule has 1 N–H and O–H groups in total. The molecular formula is C17H15BrN4. The van der Waals surface area contributed by atoms with E-state index in [1.165, 1.54) is 12.0 Å². The number of aromatic nitrogens is 4. The highest BCUT2D eigenvalue weighted by atomic mass is 79.9. The van der Waals surface area contributed by atoms with Crippen LogP contribution < -0.4 is 0 Å². The van der Waals surface area contributed by atoms with Crippen molar-refractivity contribution in [3.63, 3.8) is 0 Å². The van der Waals surface area contributed by atoms with E-state index in [0.717, 1.165) is 28.7 Å². The van der Waals surface area contributed by atoms with E-state index in [1.807, 2.05) is 12.1 Å². The third kappa shape index (κ3) is 2.16. The molecule has 0 radical (unpaired) electrons. The van der Waals surface area contributed by atoms with Crippen LogP contribution in [0, 0.1) is 0 Å². The third-order valence-corrected chi connectivity index (χ3v) is 4.99. The Balaban J connectivity index is 1.74. The van der Waals surface area contributed by atoms with Crippen molar-refractivity contribution in [2.75, 3.05) is 0 Å². The largest absolute Gasteiger partial charge is 0.264 e. The molecule has 2 aromatic heterocycles. The van der Waals surface area contributed by atoms with Crippen molar-refractivity contribution < 1.29 is 0 Å². The molecule has 2 heterocycles. The van der Waals surface area contributed by atoms with E-state index in [1.54, 1.807) is 12.4 Å². The summed E-state index contributed by atoms with van der Waals surface area (Å²) in [5.74, 6) is 1.67. The van der Waals surface area contributed by atoms with Crippen LogP contribution in [-0.4, -0.2) is 20.2 Å². The molecule has 22 heavy (non-hydrogen) atoms. The number of pyridine rings is 1. The standard InChI is InChI=1S/C17H15BrN4/c18-14-6-4-13(5-7-14)17(8-2-9-17)16-20-15(21-22-16)12-3-1-10-19-11-12/h1,3-7,10-11H,2,8-9H2,(H,20,21,22). The third-order valence-electron chi connectivity index (χ3n) is 4.46. The number of rotatable bonds is 3. The number of hydrogen-bond acceptors (Lipinski definition) is 3. The van der Waals surface area contributed by atoms with Crippen molar-refractivity contribution in [1.29, 1.82) is 0 Å². The summed E-state index contributed by atoms with van der Waals surface area (Å²) in [6.45, 7) is 0. The molecule has 0 amide bonds. The number of nitrogens with one attached hydrogen (secondary N) is 1. The van der Waals surface area contributed by atoms with Gasteiger partial charge in [0.05, 0.1) is 5.41 Å². The minimum atomic E-state index is -0.0197. The summed E-state index contributed by atoms with van der Waals surface area (Å²) in [6, 6.07) is 12.4.